The van der Waals surface area contributed by atoms with Crippen LogP contribution in [0.3, 0.4) is 0 Å². The molecule has 2 heterocycles. The average Bonchev–Trinajstić information content (AvgIpc) is 3.24. The predicted octanol–water partition coefficient (Wildman–Crippen LogP) is 4.29. The summed E-state index contributed by atoms with van der Waals surface area (Å²) in [5, 5.41) is 2.92. The summed E-state index contributed by atoms with van der Waals surface area (Å²) in [7, 11) is 0. The van der Waals surface area contributed by atoms with Crippen LogP contribution in [-0.2, 0) is 16.6 Å². The number of hydrogen-bond donors (Lipinski definition) is 1. The fourth-order valence-electron chi connectivity index (χ4n) is 3.40. The van der Waals surface area contributed by atoms with E-state index >= 15 is 0 Å². The zero-order valence-corrected chi connectivity index (χ0v) is 16.5. The maximum Gasteiger partial charge on any atom is 0.255 e. The second-order valence-corrected chi connectivity index (χ2v) is 8.17. The Morgan fingerprint density at radius 3 is 2.64 bits per heavy atom. The molecule has 3 aromatic rings. The number of benzene rings is 2. The Balaban J connectivity index is 1.56. The Kier molecular flexibility index (Phi) is 4.22. The number of nitrogens with zero attached hydrogens (tertiary/aromatic N) is 2. The number of carbonyl (C=O) groups is 2. The molecule has 1 aromatic heterocycles. The maximum absolute atomic E-state index is 12.7. The Bertz CT molecular complexity index is 1090. The molecule has 0 radical (unpaired) electrons. The highest BCUT2D eigenvalue weighted by molar-refractivity contribution is 6.06. The summed E-state index contributed by atoms with van der Waals surface area (Å²) < 4.78 is 5.80. The largest absolute Gasteiger partial charge is 0.440 e. The lowest BCUT2D eigenvalue weighted by atomic mass is 9.97. The van der Waals surface area contributed by atoms with Gasteiger partial charge in [-0.15, -0.1) is 0 Å². The molecular weight excluding hydrogens is 354 g/mol. The van der Waals surface area contributed by atoms with Crippen LogP contribution in [0.15, 0.2) is 40.8 Å². The summed E-state index contributed by atoms with van der Waals surface area (Å²) in [5.74, 6) is 0.495. The van der Waals surface area contributed by atoms with Crippen molar-refractivity contribution < 1.29 is 14.0 Å². The molecule has 1 aliphatic heterocycles. The Morgan fingerprint density at radius 2 is 1.93 bits per heavy atom. The molecule has 6 heteroatoms. The van der Waals surface area contributed by atoms with Crippen LogP contribution in [0.1, 0.15) is 49.5 Å². The van der Waals surface area contributed by atoms with Gasteiger partial charge in [0.1, 0.15) is 5.52 Å². The summed E-state index contributed by atoms with van der Waals surface area (Å²) in [6.45, 7) is 8.35. The second kappa shape index (κ2) is 6.48. The summed E-state index contributed by atoms with van der Waals surface area (Å²) in [6.07, 6.45) is 0.760. The van der Waals surface area contributed by atoms with Crippen LogP contribution in [0, 0.1) is 0 Å². The molecule has 0 saturated heterocycles. The molecule has 4 rings (SSSR count). The van der Waals surface area contributed by atoms with Crippen LogP contribution in [0.2, 0.25) is 0 Å². The molecule has 6 nitrogen and oxygen atoms in total. The van der Waals surface area contributed by atoms with Gasteiger partial charge in [-0.1, -0.05) is 20.8 Å². The van der Waals surface area contributed by atoms with E-state index in [0.717, 1.165) is 17.7 Å². The van der Waals surface area contributed by atoms with Crippen LogP contribution >= 0.6 is 0 Å². The van der Waals surface area contributed by atoms with Crippen molar-refractivity contribution in [2.24, 2.45) is 0 Å². The first-order valence-electron chi connectivity index (χ1n) is 9.36. The number of amides is 2. The fraction of sp³-hybridized carbons (Fsp3) is 0.318. The lowest BCUT2D eigenvalue weighted by Crippen LogP contribution is -2.25. The topological polar surface area (TPSA) is 75.4 Å². The minimum Gasteiger partial charge on any atom is -0.440 e. The smallest absolute Gasteiger partial charge is 0.255 e. The number of rotatable bonds is 2. The minimum atomic E-state index is -0.192. The third-order valence-electron chi connectivity index (χ3n) is 4.90. The third kappa shape index (κ3) is 3.26. The number of hydrogen-bond acceptors (Lipinski definition) is 4. The predicted molar refractivity (Wildman–Crippen MR) is 109 cm³/mol. The van der Waals surface area contributed by atoms with Gasteiger partial charge in [0.25, 0.3) is 5.91 Å². The number of oxazole rings is 1. The Hall–Kier alpha value is -3.15. The Labute approximate surface area is 163 Å². The molecule has 1 aliphatic rings. The summed E-state index contributed by atoms with van der Waals surface area (Å²) in [5.41, 5.74) is 4.38. The monoisotopic (exact) mass is 377 g/mol. The van der Waals surface area contributed by atoms with E-state index in [1.807, 2.05) is 51.1 Å². The van der Waals surface area contributed by atoms with E-state index in [9.17, 15) is 9.59 Å². The molecule has 0 bridgehead atoms. The average molecular weight is 377 g/mol. The van der Waals surface area contributed by atoms with Crippen LogP contribution < -0.4 is 10.2 Å². The van der Waals surface area contributed by atoms with Crippen molar-refractivity contribution in [1.29, 1.82) is 0 Å². The number of carbonyl (C=O) groups excluding carboxylic acids is 2. The first-order chi connectivity index (χ1) is 13.2. The van der Waals surface area contributed by atoms with Crippen LogP contribution in [0.25, 0.3) is 11.1 Å². The van der Waals surface area contributed by atoms with Crippen molar-refractivity contribution in [3.63, 3.8) is 0 Å². The number of fused-ring (bicyclic) bond motifs is 2. The van der Waals surface area contributed by atoms with E-state index in [4.69, 9.17) is 4.42 Å². The maximum atomic E-state index is 12.7. The van der Waals surface area contributed by atoms with E-state index in [-0.39, 0.29) is 17.2 Å². The van der Waals surface area contributed by atoms with Crippen molar-refractivity contribution in [2.75, 3.05) is 16.8 Å². The zero-order chi connectivity index (χ0) is 20.1. The number of aromatic nitrogens is 1. The molecule has 2 aromatic carbocycles. The van der Waals surface area contributed by atoms with E-state index in [2.05, 4.69) is 10.3 Å². The highest BCUT2D eigenvalue weighted by Gasteiger charge is 2.24. The Morgan fingerprint density at radius 1 is 1.14 bits per heavy atom. The van der Waals surface area contributed by atoms with Crippen LogP contribution in [0.4, 0.5) is 11.4 Å². The molecular formula is C22H23N3O3. The molecule has 0 fully saturated rings. The van der Waals surface area contributed by atoms with Gasteiger partial charge in [0.05, 0.1) is 0 Å². The van der Waals surface area contributed by atoms with Gasteiger partial charge >= 0.3 is 0 Å². The normalized spacial score (nSPS) is 13.6. The fourth-order valence-corrected chi connectivity index (χ4v) is 3.40. The van der Waals surface area contributed by atoms with Crippen molar-refractivity contribution in [3.8, 4) is 0 Å². The summed E-state index contributed by atoms with van der Waals surface area (Å²) in [6, 6.07) is 10.9. The van der Waals surface area contributed by atoms with Gasteiger partial charge in [0.2, 0.25) is 11.8 Å². The van der Waals surface area contributed by atoms with Gasteiger partial charge < -0.3 is 14.6 Å². The molecule has 0 unspecified atom stereocenters. The van der Waals surface area contributed by atoms with Crippen molar-refractivity contribution in [2.45, 2.75) is 39.5 Å². The summed E-state index contributed by atoms with van der Waals surface area (Å²) in [4.78, 5) is 30.6. The van der Waals surface area contributed by atoms with Gasteiger partial charge in [0, 0.05) is 35.8 Å². The van der Waals surface area contributed by atoms with Crippen molar-refractivity contribution in [3.05, 3.63) is 53.4 Å². The van der Waals surface area contributed by atoms with Crippen molar-refractivity contribution in [1.82, 2.24) is 4.98 Å². The molecule has 0 atom stereocenters. The number of nitrogens with one attached hydrogen (secondary N) is 1. The first kappa shape index (κ1) is 18.2. The number of anilines is 2. The van der Waals surface area contributed by atoms with Gasteiger partial charge in [-0.05, 0) is 48.4 Å². The van der Waals surface area contributed by atoms with E-state index in [0.29, 0.717) is 34.8 Å². The van der Waals surface area contributed by atoms with Gasteiger partial charge in [-0.3, -0.25) is 9.59 Å². The van der Waals surface area contributed by atoms with Gasteiger partial charge in [-0.2, -0.15) is 0 Å². The zero-order valence-electron chi connectivity index (χ0n) is 16.5. The van der Waals surface area contributed by atoms with E-state index in [1.165, 1.54) is 0 Å². The lowest BCUT2D eigenvalue weighted by molar-refractivity contribution is -0.116. The second-order valence-electron chi connectivity index (χ2n) is 8.17. The SMILES string of the molecule is CC(=O)N1CCc2cc(C(=O)Nc3ccc4oc(C(C)(C)C)nc4c3)ccc21. The standard InChI is InChI=1S/C22H23N3O3/c1-13(26)25-10-9-14-11-15(5-7-18(14)25)20(27)23-16-6-8-19-17(12-16)24-21(28-19)22(2,3)4/h5-8,11-12H,9-10H2,1-4H3,(H,23,27). The first-order valence-corrected chi connectivity index (χ1v) is 9.36. The highest BCUT2D eigenvalue weighted by Crippen LogP contribution is 2.30. The molecule has 1 N–H and O–H groups in total. The minimum absolute atomic E-state index is 0.0199. The van der Waals surface area contributed by atoms with Crippen LogP contribution in [0.5, 0.6) is 0 Å². The van der Waals surface area contributed by atoms with Gasteiger partial charge in [0.15, 0.2) is 5.58 Å². The molecule has 2 amide bonds. The van der Waals surface area contributed by atoms with Crippen LogP contribution in [-0.4, -0.2) is 23.3 Å². The molecule has 28 heavy (non-hydrogen) atoms. The van der Waals surface area contributed by atoms with E-state index < -0.39 is 0 Å². The quantitative estimate of drug-likeness (QED) is 0.723. The lowest BCUT2D eigenvalue weighted by Gasteiger charge is -2.14. The molecule has 0 spiro atoms. The van der Waals surface area contributed by atoms with E-state index in [1.54, 1.807) is 17.9 Å². The molecule has 0 saturated carbocycles. The third-order valence-corrected chi connectivity index (χ3v) is 4.90. The van der Waals surface area contributed by atoms with Gasteiger partial charge in [-0.25, -0.2) is 4.98 Å². The highest BCUT2D eigenvalue weighted by atomic mass is 16.3. The molecule has 0 aliphatic carbocycles. The molecule has 144 valence electrons. The summed E-state index contributed by atoms with van der Waals surface area (Å²) >= 11 is 0. The van der Waals surface area contributed by atoms with Crippen molar-refractivity contribution >= 4 is 34.3 Å².